The van der Waals surface area contributed by atoms with Crippen LogP contribution in [0.25, 0.3) is 11.6 Å². The molecule has 1 aliphatic heterocycles. The second kappa shape index (κ2) is 8.27. The summed E-state index contributed by atoms with van der Waals surface area (Å²) >= 11 is 0. The highest BCUT2D eigenvalue weighted by molar-refractivity contribution is 6.11. The van der Waals surface area contributed by atoms with Gasteiger partial charge in [0, 0.05) is 31.0 Å². The summed E-state index contributed by atoms with van der Waals surface area (Å²) in [5.41, 5.74) is 13.8. The van der Waals surface area contributed by atoms with Gasteiger partial charge in [-0.05, 0) is 73.6 Å². The average Bonchev–Trinajstić information content (AvgIpc) is 3.24. The molecule has 0 saturated heterocycles. The predicted molar refractivity (Wildman–Crippen MR) is 120 cm³/mol. The zero-order valence-electron chi connectivity index (χ0n) is 16.6. The Labute approximate surface area is 162 Å². The number of rotatable bonds is 6. The van der Waals surface area contributed by atoms with Crippen LogP contribution in [0.5, 0.6) is 0 Å². The second-order valence-corrected chi connectivity index (χ2v) is 7.05. The van der Waals surface area contributed by atoms with E-state index in [4.69, 9.17) is 10.7 Å². The molecule has 0 amide bonds. The van der Waals surface area contributed by atoms with E-state index < -0.39 is 0 Å². The molecule has 0 fully saturated rings. The first kappa shape index (κ1) is 19.0. The van der Waals surface area contributed by atoms with E-state index in [1.807, 2.05) is 14.1 Å². The lowest BCUT2D eigenvalue weighted by atomic mass is 10.0. The number of nitrogens with zero attached hydrogens (tertiary/aromatic N) is 3. The van der Waals surface area contributed by atoms with Crippen molar-refractivity contribution < 1.29 is 0 Å². The molecule has 3 rings (SSSR count). The number of aliphatic imine (C=N–C) groups is 1. The Hall–Kier alpha value is -2.79. The molecular formula is C22H27BN4. The van der Waals surface area contributed by atoms with Gasteiger partial charge in [-0.3, -0.25) is 0 Å². The largest absolute Gasteiger partial charge is 0.399 e. The first-order chi connectivity index (χ1) is 13.0. The second-order valence-electron chi connectivity index (χ2n) is 7.05. The first-order valence-electron chi connectivity index (χ1n) is 9.27. The molecule has 2 heterocycles. The van der Waals surface area contributed by atoms with Gasteiger partial charge in [-0.25, -0.2) is 4.99 Å². The van der Waals surface area contributed by atoms with Crippen molar-refractivity contribution in [2.75, 3.05) is 25.5 Å². The molecule has 0 unspecified atom stereocenters. The Morgan fingerprint density at radius 2 is 1.93 bits per heavy atom. The summed E-state index contributed by atoms with van der Waals surface area (Å²) in [4.78, 5) is 6.98. The van der Waals surface area contributed by atoms with E-state index in [0.717, 1.165) is 23.4 Å². The number of benzene rings is 1. The fourth-order valence-corrected chi connectivity index (χ4v) is 3.28. The molecule has 1 aliphatic rings. The zero-order valence-corrected chi connectivity index (χ0v) is 16.6. The van der Waals surface area contributed by atoms with E-state index in [9.17, 15) is 0 Å². The Balaban J connectivity index is 1.88. The SMILES string of the molecule is Bn1cccc1/C(CCN)=C1N=C(/C=C/c2ccc(N(C)C)cc2)C=C\1C. The number of allylic oxidation sites excluding steroid dienone is 3. The van der Waals surface area contributed by atoms with Crippen LogP contribution in [0, 0.1) is 0 Å². The summed E-state index contributed by atoms with van der Waals surface area (Å²) in [5, 5.41) is 0. The third-order valence-corrected chi connectivity index (χ3v) is 4.77. The Morgan fingerprint density at radius 3 is 2.52 bits per heavy atom. The smallest absolute Gasteiger partial charge is 0.223 e. The highest BCUT2D eigenvalue weighted by atomic mass is 15.1. The molecule has 0 bridgehead atoms. The molecule has 2 aromatic rings. The predicted octanol–water partition coefficient (Wildman–Crippen LogP) is 3.12. The van der Waals surface area contributed by atoms with Crippen molar-refractivity contribution in [1.29, 1.82) is 0 Å². The highest BCUT2D eigenvalue weighted by Gasteiger charge is 2.16. The lowest BCUT2D eigenvalue weighted by Crippen LogP contribution is -2.07. The van der Waals surface area contributed by atoms with Gasteiger partial charge in [0.1, 0.15) is 0 Å². The number of hydrogen-bond donors (Lipinski definition) is 1. The molecule has 27 heavy (non-hydrogen) atoms. The highest BCUT2D eigenvalue weighted by Crippen LogP contribution is 2.31. The van der Waals surface area contributed by atoms with Gasteiger partial charge in [-0.2, -0.15) is 0 Å². The van der Waals surface area contributed by atoms with Gasteiger partial charge >= 0.3 is 0 Å². The van der Waals surface area contributed by atoms with Gasteiger partial charge in [0.2, 0.25) is 7.98 Å². The molecular weight excluding hydrogens is 331 g/mol. The maximum atomic E-state index is 5.87. The number of aromatic nitrogens is 1. The Bertz CT molecular complexity index is 927. The molecule has 138 valence electrons. The van der Waals surface area contributed by atoms with Crippen molar-refractivity contribution in [2.45, 2.75) is 13.3 Å². The lowest BCUT2D eigenvalue weighted by Gasteiger charge is -2.12. The van der Waals surface area contributed by atoms with E-state index in [2.05, 4.69) is 85.1 Å². The minimum Gasteiger partial charge on any atom is -0.399 e. The third kappa shape index (κ3) is 4.31. The maximum absolute atomic E-state index is 5.87. The van der Waals surface area contributed by atoms with Crippen molar-refractivity contribution in [2.24, 2.45) is 10.7 Å². The molecule has 0 saturated carbocycles. The van der Waals surface area contributed by atoms with Crippen molar-refractivity contribution in [3.63, 3.8) is 0 Å². The Kier molecular flexibility index (Phi) is 5.82. The quantitative estimate of drug-likeness (QED) is 0.807. The summed E-state index contributed by atoms with van der Waals surface area (Å²) in [7, 11) is 6.15. The zero-order chi connectivity index (χ0) is 19.4. The van der Waals surface area contributed by atoms with E-state index >= 15 is 0 Å². The fraction of sp³-hybridized carbons (Fsp3) is 0.227. The van der Waals surface area contributed by atoms with Crippen molar-refractivity contribution in [3.05, 3.63) is 77.3 Å². The van der Waals surface area contributed by atoms with Gasteiger partial charge in [0.25, 0.3) is 0 Å². The monoisotopic (exact) mass is 358 g/mol. The van der Waals surface area contributed by atoms with E-state index in [0.29, 0.717) is 6.54 Å². The average molecular weight is 358 g/mol. The van der Waals surface area contributed by atoms with Gasteiger partial charge in [0.05, 0.1) is 11.4 Å². The molecule has 2 N–H and O–H groups in total. The van der Waals surface area contributed by atoms with E-state index in [1.54, 1.807) is 0 Å². The molecule has 0 atom stereocenters. The normalized spacial score (nSPS) is 15.9. The van der Waals surface area contributed by atoms with Crippen LogP contribution >= 0.6 is 0 Å². The molecule has 0 aliphatic carbocycles. The van der Waals surface area contributed by atoms with Gasteiger partial charge in [0.15, 0.2) is 0 Å². The van der Waals surface area contributed by atoms with Crippen LogP contribution in [-0.2, 0) is 0 Å². The molecule has 0 radical (unpaired) electrons. The first-order valence-corrected chi connectivity index (χ1v) is 9.27. The molecule has 1 aromatic carbocycles. The van der Waals surface area contributed by atoms with Gasteiger partial charge in [-0.15, -0.1) is 0 Å². The van der Waals surface area contributed by atoms with Crippen LogP contribution in [0.1, 0.15) is 24.6 Å². The van der Waals surface area contributed by atoms with Crippen LogP contribution < -0.4 is 10.6 Å². The van der Waals surface area contributed by atoms with Gasteiger partial charge in [-0.1, -0.05) is 18.2 Å². The van der Waals surface area contributed by atoms with Crippen molar-refractivity contribution >= 4 is 31.0 Å². The third-order valence-electron chi connectivity index (χ3n) is 4.77. The summed E-state index contributed by atoms with van der Waals surface area (Å²) < 4.78 is 2.13. The van der Waals surface area contributed by atoms with E-state index in [1.165, 1.54) is 22.5 Å². The summed E-state index contributed by atoms with van der Waals surface area (Å²) in [6.45, 7) is 2.72. The lowest BCUT2D eigenvalue weighted by molar-refractivity contribution is 0.997. The molecule has 5 heteroatoms. The van der Waals surface area contributed by atoms with Crippen molar-refractivity contribution in [3.8, 4) is 0 Å². The van der Waals surface area contributed by atoms with Crippen LogP contribution in [0.4, 0.5) is 5.69 Å². The summed E-state index contributed by atoms with van der Waals surface area (Å²) in [6.07, 6.45) is 9.19. The van der Waals surface area contributed by atoms with Crippen molar-refractivity contribution in [1.82, 2.24) is 4.48 Å². The molecule has 4 nitrogen and oxygen atoms in total. The Morgan fingerprint density at radius 1 is 1.19 bits per heavy atom. The minimum absolute atomic E-state index is 0.607. The maximum Gasteiger partial charge on any atom is 0.223 e. The van der Waals surface area contributed by atoms with Crippen LogP contribution in [0.2, 0.25) is 0 Å². The van der Waals surface area contributed by atoms with Crippen LogP contribution in [0.3, 0.4) is 0 Å². The molecule has 1 aromatic heterocycles. The molecule has 0 spiro atoms. The minimum atomic E-state index is 0.607. The number of anilines is 1. The standard InChI is InChI=1S/C22H27BN4/c1-16-15-18(9-6-17-7-10-19(11-8-17)26(2)3)25-22(16)20(12-13-24)21-5-4-14-27(21)23/h4-11,14-15H,12-13,23-24H2,1-3H3/b9-6+,22-20-. The van der Waals surface area contributed by atoms with Gasteiger partial charge < -0.3 is 15.1 Å². The fourth-order valence-electron chi connectivity index (χ4n) is 3.28. The number of hydrogen-bond acceptors (Lipinski definition) is 3. The number of nitrogens with two attached hydrogens (primary N) is 1. The topological polar surface area (TPSA) is 46.6 Å². The summed E-state index contributed by atoms with van der Waals surface area (Å²) in [6, 6.07) is 12.7. The van der Waals surface area contributed by atoms with Crippen LogP contribution in [0.15, 0.2) is 71.0 Å². The van der Waals surface area contributed by atoms with Crippen LogP contribution in [-0.4, -0.2) is 38.8 Å². The van der Waals surface area contributed by atoms with E-state index in [-0.39, 0.29) is 0 Å². The summed E-state index contributed by atoms with van der Waals surface area (Å²) in [5.74, 6) is 0.